The lowest BCUT2D eigenvalue weighted by molar-refractivity contribution is -0.199. The number of carbonyl (C=O) groups is 4. The van der Waals surface area contributed by atoms with Crippen LogP contribution in [0, 0.1) is 0 Å². The Balaban J connectivity index is 1.40. The first-order chi connectivity index (χ1) is 17.5. The van der Waals surface area contributed by atoms with Crippen LogP contribution in [0.3, 0.4) is 0 Å². The molecule has 1 aliphatic heterocycles. The van der Waals surface area contributed by atoms with Crippen molar-refractivity contribution in [3.05, 3.63) is 70.1 Å². The number of alkyl carbamates (subject to hydrolysis) is 1. The predicted molar refractivity (Wildman–Crippen MR) is 127 cm³/mol. The van der Waals surface area contributed by atoms with Gasteiger partial charge in [0.2, 0.25) is 0 Å². The standard InChI is InChI=1S/C25H25N5O6/c26-29-27-14-6-5-11-21(24(33)36-30-22(31)12-13-23(30)32)28-25(34)35-15-20-18-9-3-1-7-16(18)17-8-2-4-10-19(17)20/h1-4,7-10,20-21H,5-6,11-15H2,(H,28,34)/t21-/m0/s1. The average Bonchev–Trinajstić information content (AvgIpc) is 3.38. The fourth-order valence-electron chi connectivity index (χ4n) is 4.42. The summed E-state index contributed by atoms with van der Waals surface area (Å²) in [5.41, 5.74) is 12.7. The van der Waals surface area contributed by atoms with E-state index in [9.17, 15) is 19.2 Å². The lowest BCUT2D eigenvalue weighted by atomic mass is 9.98. The van der Waals surface area contributed by atoms with Gasteiger partial charge in [-0.25, -0.2) is 9.59 Å². The summed E-state index contributed by atoms with van der Waals surface area (Å²) in [6, 6.07) is 14.7. The van der Waals surface area contributed by atoms with Gasteiger partial charge >= 0.3 is 12.1 Å². The van der Waals surface area contributed by atoms with Gasteiger partial charge in [0, 0.05) is 30.2 Å². The molecule has 1 atom stereocenters. The van der Waals surface area contributed by atoms with Crippen molar-refractivity contribution in [1.82, 2.24) is 10.4 Å². The van der Waals surface area contributed by atoms with Crippen molar-refractivity contribution in [2.75, 3.05) is 13.2 Å². The van der Waals surface area contributed by atoms with Crippen molar-refractivity contribution in [2.45, 2.75) is 44.1 Å². The molecule has 0 unspecified atom stereocenters. The maximum Gasteiger partial charge on any atom is 0.407 e. The Bertz CT molecular complexity index is 1160. The van der Waals surface area contributed by atoms with Crippen LogP contribution in [0.15, 0.2) is 53.6 Å². The van der Waals surface area contributed by atoms with Gasteiger partial charge in [0.15, 0.2) is 0 Å². The number of fused-ring (bicyclic) bond motifs is 3. The van der Waals surface area contributed by atoms with Crippen molar-refractivity contribution >= 4 is 23.9 Å². The van der Waals surface area contributed by atoms with Crippen molar-refractivity contribution in [3.8, 4) is 11.1 Å². The zero-order valence-corrected chi connectivity index (χ0v) is 19.5. The van der Waals surface area contributed by atoms with E-state index < -0.39 is 29.9 Å². The molecule has 11 heteroatoms. The molecule has 1 saturated heterocycles. The Morgan fingerprint density at radius 3 is 2.25 bits per heavy atom. The highest BCUT2D eigenvalue weighted by Gasteiger charge is 2.36. The molecule has 36 heavy (non-hydrogen) atoms. The fraction of sp³-hybridized carbons (Fsp3) is 0.360. The number of hydrogen-bond donors (Lipinski definition) is 1. The molecule has 0 aromatic heterocycles. The quantitative estimate of drug-likeness (QED) is 0.175. The van der Waals surface area contributed by atoms with Crippen LogP contribution in [0.4, 0.5) is 4.79 Å². The number of nitrogens with zero attached hydrogens (tertiary/aromatic N) is 4. The summed E-state index contributed by atoms with van der Waals surface area (Å²) in [6.07, 6.45) is 0.130. The van der Waals surface area contributed by atoms with Crippen molar-refractivity contribution in [1.29, 1.82) is 0 Å². The van der Waals surface area contributed by atoms with Crippen molar-refractivity contribution in [2.24, 2.45) is 5.11 Å². The second-order valence-corrected chi connectivity index (χ2v) is 8.46. The summed E-state index contributed by atoms with van der Waals surface area (Å²) in [7, 11) is 0. The van der Waals surface area contributed by atoms with Gasteiger partial charge in [0.05, 0.1) is 0 Å². The van der Waals surface area contributed by atoms with Gasteiger partial charge in [-0.3, -0.25) is 9.59 Å². The maximum absolute atomic E-state index is 12.7. The molecule has 0 saturated carbocycles. The minimum absolute atomic E-state index is 0.0389. The highest BCUT2D eigenvalue weighted by molar-refractivity contribution is 6.01. The van der Waals surface area contributed by atoms with E-state index in [2.05, 4.69) is 15.3 Å². The molecule has 0 radical (unpaired) electrons. The number of benzene rings is 2. The molecule has 2 aromatic carbocycles. The predicted octanol–water partition coefficient (Wildman–Crippen LogP) is 3.98. The van der Waals surface area contributed by atoms with Crippen LogP contribution in [-0.2, 0) is 24.0 Å². The first-order valence-electron chi connectivity index (χ1n) is 11.7. The molecule has 1 N–H and O–H groups in total. The van der Waals surface area contributed by atoms with Crippen LogP contribution in [0.25, 0.3) is 21.6 Å². The second kappa shape index (κ2) is 11.4. The first kappa shape index (κ1) is 24.7. The van der Waals surface area contributed by atoms with E-state index in [1.165, 1.54) is 0 Å². The smallest absolute Gasteiger partial charge is 0.407 e. The van der Waals surface area contributed by atoms with E-state index in [1.54, 1.807) is 0 Å². The molecule has 2 aromatic rings. The van der Waals surface area contributed by atoms with Gasteiger partial charge < -0.3 is 14.9 Å². The Labute approximate surface area is 206 Å². The number of unbranched alkanes of at least 4 members (excludes halogenated alkanes) is 1. The van der Waals surface area contributed by atoms with Crippen molar-refractivity contribution < 1.29 is 28.8 Å². The number of nitrogens with one attached hydrogen (secondary N) is 1. The number of amides is 3. The van der Waals surface area contributed by atoms with Crippen molar-refractivity contribution in [3.63, 3.8) is 0 Å². The summed E-state index contributed by atoms with van der Waals surface area (Å²) in [5.74, 6) is -2.33. The van der Waals surface area contributed by atoms with Crippen LogP contribution in [-0.4, -0.2) is 48.1 Å². The molecule has 0 bridgehead atoms. The number of ether oxygens (including phenoxy) is 1. The minimum Gasteiger partial charge on any atom is -0.449 e. The lowest BCUT2D eigenvalue weighted by Crippen LogP contribution is -2.45. The number of hydrogen-bond acceptors (Lipinski definition) is 7. The summed E-state index contributed by atoms with van der Waals surface area (Å²) >= 11 is 0. The van der Waals surface area contributed by atoms with Gasteiger partial charge in [-0.05, 0) is 40.6 Å². The van der Waals surface area contributed by atoms with E-state index in [0.717, 1.165) is 22.3 Å². The largest absolute Gasteiger partial charge is 0.449 e. The molecule has 2 aliphatic rings. The zero-order chi connectivity index (χ0) is 25.5. The summed E-state index contributed by atoms with van der Waals surface area (Å²) in [5, 5.41) is 6.38. The molecule has 1 heterocycles. The molecular weight excluding hydrogens is 466 g/mol. The molecule has 11 nitrogen and oxygen atoms in total. The number of carbonyl (C=O) groups excluding carboxylic acids is 4. The summed E-state index contributed by atoms with van der Waals surface area (Å²) in [6.45, 7) is 0.286. The molecule has 1 aliphatic carbocycles. The van der Waals surface area contributed by atoms with Crippen LogP contribution in [0.1, 0.15) is 49.1 Å². The van der Waals surface area contributed by atoms with Crippen LogP contribution >= 0.6 is 0 Å². The highest BCUT2D eigenvalue weighted by atomic mass is 16.7. The van der Waals surface area contributed by atoms with Crippen LogP contribution in [0.2, 0.25) is 0 Å². The number of imide groups is 1. The highest BCUT2D eigenvalue weighted by Crippen LogP contribution is 2.44. The van der Waals surface area contributed by atoms with E-state index >= 15 is 0 Å². The van der Waals surface area contributed by atoms with Gasteiger partial charge in [-0.15, -0.1) is 5.06 Å². The number of rotatable bonds is 10. The van der Waals surface area contributed by atoms with E-state index in [0.29, 0.717) is 17.9 Å². The van der Waals surface area contributed by atoms with Crippen LogP contribution < -0.4 is 5.32 Å². The van der Waals surface area contributed by atoms with E-state index in [1.807, 2.05) is 48.5 Å². The summed E-state index contributed by atoms with van der Waals surface area (Å²) < 4.78 is 5.51. The topological polar surface area (TPSA) is 151 Å². The third kappa shape index (κ3) is 5.47. The van der Waals surface area contributed by atoms with E-state index in [4.69, 9.17) is 15.1 Å². The van der Waals surface area contributed by atoms with Gasteiger partial charge in [0.25, 0.3) is 11.8 Å². The Morgan fingerprint density at radius 1 is 1.03 bits per heavy atom. The minimum atomic E-state index is -1.16. The normalized spacial score (nSPS) is 15.1. The number of hydroxylamine groups is 2. The Kier molecular flexibility index (Phi) is 7.82. The van der Waals surface area contributed by atoms with Gasteiger partial charge in [-0.2, -0.15) is 0 Å². The fourth-order valence-corrected chi connectivity index (χ4v) is 4.42. The van der Waals surface area contributed by atoms with Gasteiger partial charge in [0.1, 0.15) is 12.6 Å². The molecule has 0 spiro atoms. The second-order valence-electron chi connectivity index (χ2n) is 8.46. The summed E-state index contributed by atoms with van der Waals surface area (Å²) in [4.78, 5) is 56.7. The van der Waals surface area contributed by atoms with E-state index in [-0.39, 0.29) is 38.3 Å². The third-order valence-corrected chi connectivity index (χ3v) is 6.17. The lowest BCUT2D eigenvalue weighted by Gasteiger charge is -2.21. The first-order valence-corrected chi connectivity index (χ1v) is 11.7. The Morgan fingerprint density at radius 2 is 1.64 bits per heavy atom. The molecule has 186 valence electrons. The van der Waals surface area contributed by atoms with Crippen LogP contribution in [0.5, 0.6) is 0 Å². The molecule has 1 fully saturated rings. The monoisotopic (exact) mass is 491 g/mol. The molecular formula is C25H25N5O6. The number of azide groups is 1. The third-order valence-electron chi connectivity index (χ3n) is 6.17. The average molecular weight is 492 g/mol. The van der Waals surface area contributed by atoms with Gasteiger partial charge in [-0.1, -0.05) is 60.1 Å². The maximum atomic E-state index is 12.7. The molecule has 3 amide bonds. The SMILES string of the molecule is [N-]=[N+]=NCCCC[C@H](NC(=O)OCC1c2ccccc2-c2ccccc21)C(=O)ON1C(=O)CCC1=O. The zero-order valence-electron chi connectivity index (χ0n) is 19.5. The molecule has 4 rings (SSSR count). The Hall–Kier alpha value is -4.37.